The molecule has 0 aliphatic carbocycles. The predicted octanol–water partition coefficient (Wildman–Crippen LogP) is 7.86. The van der Waals surface area contributed by atoms with Crippen LogP contribution in [0.3, 0.4) is 0 Å². The van der Waals surface area contributed by atoms with E-state index >= 15 is 0 Å². The minimum absolute atomic E-state index is 0.144. The number of allylic oxidation sites excluding steroid dienone is 1. The van der Waals surface area contributed by atoms with Crippen molar-refractivity contribution in [2.24, 2.45) is 5.10 Å². The molecule has 7 heteroatoms. The van der Waals surface area contributed by atoms with Crippen LogP contribution in [0.2, 0.25) is 0 Å². The fraction of sp³-hybridized carbons (Fsp3) is 0.143. The number of carbonyl (C=O) groups is 1. The Morgan fingerprint density at radius 1 is 0.857 bits per heavy atom. The number of hydrazone groups is 1. The summed E-state index contributed by atoms with van der Waals surface area (Å²) < 4.78 is 6.74. The topological polar surface area (TPSA) is 45.1 Å². The van der Waals surface area contributed by atoms with Crippen LogP contribution in [0.15, 0.2) is 131 Å². The van der Waals surface area contributed by atoms with Crippen LogP contribution in [-0.4, -0.2) is 18.7 Å². The zero-order chi connectivity index (χ0) is 29.5. The van der Waals surface area contributed by atoms with Gasteiger partial charge in [-0.1, -0.05) is 92.7 Å². The molecule has 0 radical (unpaired) electrons. The van der Waals surface area contributed by atoms with Crippen LogP contribution >= 0.6 is 6.26 Å². The molecular weight excluding hydrogens is 557 g/mol. The molecule has 2 aliphatic rings. The second-order valence-corrected chi connectivity index (χ2v) is 14.8. The molecule has 0 fully saturated rings. The number of likely N-dealkylation sites (N-methyl/N-ethyl adjacent to an activating group) is 1. The lowest BCUT2D eigenvalue weighted by molar-refractivity contribution is -0.114. The van der Waals surface area contributed by atoms with Crippen molar-refractivity contribution in [2.45, 2.75) is 26.2 Å². The number of carbonyl (C=O) groups excluding carboxylic acids is 1. The van der Waals surface area contributed by atoms with Gasteiger partial charge in [0, 0.05) is 35.0 Å². The summed E-state index contributed by atoms with van der Waals surface area (Å²) in [6.45, 7) is 6.33. The second kappa shape index (κ2) is 10.9. The van der Waals surface area contributed by atoms with Crippen LogP contribution in [0.5, 0.6) is 5.75 Å². The summed E-state index contributed by atoms with van der Waals surface area (Å²) in [5.74, 6) is 2.73. The predicted molar refractivity (Wildman–Crippen MR) is 178 cm³/mol. The van der Waals surface area contributed by atoms with Crippen LogP contribution in [0, 0.1) is 0 Å². The Balaban J connectivity index is 1.31. The first-order valence-corrected chi connectivity index (χ1v) is 16.6. The van der Waals surface area contributed by atoms with Gasteiger partial charge < -0.3 is 9.42 Å². The van der Waals surface area contributed by atoms with E-state index in [1.807, 2.05) is 85.8 Å². The fourth-order valence-corrected chi connectivity index (χ4v) is 8.63. The van der Waals surface area contributed by atoms with Gasteiger partial charge in [0.15, 0.2) is 6.26 Å². The van der Waals surface area contributed by atoms with Crippen molar-refractivity contribution in [1.82, 2.24) is 0 Å². The lowest BCUT2D eigenvalue weighted by Crippen LogP contribution is -2.24. The van der Waals surface area contributed by atoms with Gasteiger partial charge in [-0.25, -0.2) is 0 Å². The lowest BCUT2D eigenvalue weighted by atomic mass is 9.84. The molecule has 1 amide bonds. The first-order chi connectivity index (χ1) is 20.2. The van der Waals surface area contributed by atoms with Gasteiger partial charge in [-0.15, -0.1) is 0 Å². The maximum atomic E-state index is 13.2. The van der Waals surface area contributed by atoms with Crippen molar-refractivity contribution in [1.29, 1.82) is 0 Å². The Morgan fingerprint density at radius 3 is 2.14 bits per heavy atom. The molecule has 0 bridgehead atoms. The van der Waals surface area contributed by atoms with Gasteiger partial charge >= 0.3 is 0 Å². The summed E-state index contributed by atoms with van der Waals surface area (Å²) in [6.07, 6.45) is -0.789. The van der Waals surface area contributed by atoms with Crippen LogP contribution in [0.1, 0.15) is 31.9 Å². The number of hydrogen-bond donors (Lipinski definition) is 0. The van der Waals surface area contributed by atoms with Crippen LogP contribution in [-0.2, 0) is 22.0 Å². The normalized spacial score (nSPS) is 19.1. The van der Waals surface area contributed by atoms with E-state index in [1.165, 1.54) is 16.3 Å². The Labute approximate surface area is 252 Å². The van der Waals surface area contributed by atoms with Gasteiger partial charge in [-0.3, -0.25) is 4.79 Å². The zero-order valence-electron chi connectivity index (χ0n) is 24.1. The van der Waals surface area contributed by atoms with E-state index in [4.69, 9.17) is 16.3 Å². The molecule has 2 heterocycles. The summed E-state index contributed by atoms with van der Waals surface area (Å²) in [6, 6.07) is 35.8. The number of para-hydroxylation sites is 2. The van der Waals surface area contributed by atoms with E-state index in [1.54, 1.807) is 0 Å². The summed E-state index contributed by atoms with van der Waals surface area (Å²) in [7, 11) is 2.10. The molecule has 0 saturated heterocycles. The van der Waals surface area contributed by atoms with E-state index < -0.39 is 6.26 Å². The number of fused-ring (bicyclic) bond motifs is 1. The van der Waals surface area contributed by atoms with Gasteiger partial charge in [0.25, 0.3) is 5.91 Å². The van der Waals surface area contributed by atoms with Gasteiger partial charge in [-0.2, -0.15) is 10.1 Å². The summed E-state index contributed by atoms with van der Waals surface area (Å²) in [4.78, 5) is 15.4. The first-order valence-electron chi connectivity index (χ1n) is 13.9. The van der Waals surface area contributed by atoms with Gasteiger partial charge in [0.1, 0.15) is 5.75 Å². The van der Waals surface area contributed by atoms with Crippen LogP contribution in [0.4, 0.5) is 11.4 Å². The minimum Gasteiger partial charge on any atom is -0.458 e. The average Bonchev–Trinajstić information content (AvgIpc) is 3.39. The molecule has 0 aromatic heterocycles. The molecule has 4 aromatic rings. The Bertz CT molecular complexity index is 1800. The number of hydrogen-bond acceptors (Lipinski definition) is 5. The smallest absolute Gasteiger partial charge is 0.280 e. The maximum Gasteiger partial charge on any atom is 0.280 e. The number of rotatable bonds is 6. The summed E-state index contributed by atoms with van der Waals surface area (Å²) >= 11 is 6.40. The first kappa shape index (κ1) is 27.9. The van der Waals surface area contributed by atoms with E-state index in [2.05, 4.69) is 73.1 Å². The van der Waals surface area contributed by atoms with Gasteiger partial charge in [0.05, 0.1) is 17.0 Å². The number of nitrogens with zero attached hydrogens (tertiary/aromatic N) is 3. The molecule has 1 atom stereocenters. The Kier molecular flexibility index (Phi) is 7.22. The van der Waals surface area contributed by atoms with Crippen molar-refractivity contribution in [3.05, 3.63) is 137 Å². The molecule has 2 aliphatic heterocycles. The number of benzene rings is 4. The SMILES string of the molecule is CC1=NN(c2ccccc2)C(=O)C1=Cc1ccc(OP(=S)(C=C2N(C)c3ccccc3C2(C)C)c2ccccc2)cc1. The van der Waals surface area contributed by atoms with Crippen molar-refractivity contribution < 1.29 is 9.32 Å². The molecule has 1 unspecified atom stereocenters. The number of anilines is 2. The highest BCUT2D eigenvalue weighted by Gasteiger charge is 2.40. The molecule has 42 heavy (non-hydrogen) atoms. The zero-order valence-corrected chi connectivity index (χ0v) is 25.8. The van der Waals surface area contributed by atoms with Crippen molar-refractivity contribution in [3.8, 4) is 5.75 Å². The van der Waals surface area contributed by atoms with Gasteiger partial charge in [-0.05, 0) is 66.3 Å². The monoisotopic (exact) mass is 589 g/mol. The molecule has 0 saturated carbocycles. The Morgan fingerprint density at radius 2 is 1.48 bits per heavy atom. The van der Waals surface area contributed by atoms with Gasteiger partial charge in [0.2, 0.25) is 0 Å². The second-order valence-electron chi connectivity index (χ2n) is 11.0. The highest BCUT2D eigenvalue weighted by atomic mass is 32.4. The van der Waals surface area contributed by atoms with Crippen LogP contribution < -0.4 is 19.7 Å². The summed E-state index contributed by atoms with van der Waals surface area (Å²) in [5.41, 5.74) is 6.25. The van der Waals surface area contributed by atoms with Crippen molar-refractivity contribution in [3.63, 3.8) is 0 Å². The number of amides is 1. The van der Waals surface area contributed by atoms with E-state index in [9.17, 15) is 4.79 Å². The molecule has 0 spiro atoms. The third kappa shape index (κ3) is 5.02. The van der Waals surface area contributed by atoms with Crippen molar-refractivity contribution >= 4 is 52.4 Å². The molecule has 4 aromatic carbocycles. The molecule has 5 nitrogen and oxygen atoms in total. The fourth-order valence-electron chi connectivity index (χ4n) is 5.56. The standard InChI is InChI=1S/C35H32N3O2PS/c1-25-30(34(39)38(36-25)27-13-7-5-8-14-27)23-26-19-21-28(22-20-26)40-41(42,29-15-9-6-10-16-29)24-33-35(2,3)31-17-11-12-18-32(31)37(33)4/h5-24H,1-4H3. The summed E-state index contributed by atoms with van der Waals surface area (Å²) in [5, 5.41) is 6.92. The van der Waals surface area contributed by atoms with E-state index in [0.29, 0.717) is 17.0 Å². The average molecular weight is 590 g/mol. The quantitative estimate of drug-likeness (QED) is 0.170. The highest BCUT2D eigenvalue weighted by molar-refractivity contribution is 8.17. The molecular formula is C35H32N3O2PS. The molecule has 0 N–H and O–H groups in total. The van der Waals surface area contributed by atoms with Crippen molar-refractivity contribution in [2.75, 3.05) is 17.0 Å². The third-order valence-electron chi connectivity index (χ3n) is 7.84. The van der Waals surface area contributed by atoms with E-state index in [0.717, 1.165) is 22.3 Å². The Hall–Kier alpha value is -4.25. The minimum atomic E-state index is -2.66. The van der Waals surface area contributed by atoms with E-state index in [-0.39, 0.29) is 11.3 Å². The maximum absolute atomic E-state index is 13.2. The highest BCUT2D eigenvalue weighted by Crippen LogP contribution is 2.55. The molecule has 6 rings (SSSR count). The third-order valence-corrected chi connectivity index (χ3v) is 11.1. The molecule has 210 valence electrons. The largest absolute Gasteiger partial charge is 0.458 e. The van der Waals surface area contributed by atoms with Crippen LogP contribution in [0.25, 0.3) is 6.08 Å². The lowest BCUT2D eigenvalue weighted by Gasteiger charge is -2.28.